The summed E-state index contributed by atoms with van der Waals surface area (Å²) in [6.07, 6.45) is 1.04. The van der Waals surface area contributed by atoms with Crippen LogP contribution in [-0.2, 0) is 0 Å². The van der Waals surface area contributed by atoms with Crippen molar-refractivity contribution in [3.05, 3.63) is 28.5 Å². The van der Waals surface area contributed by atoms with E-state index in [-0.39, 0.29) is 11.9 Å². The molecule has 1 rings (SSSR count). The Balaban J connectivity index is 2.59. The van der Waals surface area contributed by atoms with Crippen molar-refractivity contribution in [3.63, 3.8) is 0 Å². The molecular formula is C12H17BrFNO. The molecule has 1 aromatic rings. The number of halogens is 2. The maximum absolute atomic E-state index is 13.0. The first-order chi connectivity index (χ1) is 7.67. The molecule has 0 saturated carbocycles. The fourth-order valence-electron chi connectivity index (χ4n) is 1.32. The van der Waals surface area contributed by atoms with Crippen LogP contribution in [-0.4, -0.2) is 19.2 Å². The van der Waals surface area contributed by atoms with Crippen LogP contribution in [0.1, 0.15) is 20.3 Å². The predicted molar refractivity (Wildman–Crippen MR) is 67.4 cm³/mol. The van der Waals surface area contributed by atoms with E-state index in [4.69, 9.17) is 4.74 Å². The third kappa shape index (κ3) is 4.10. The molecule has 4 heteroatoms. The molecule has 0 aromatic heterocycles. The summed E-state index contributed by atoms with van der Waals surface area (Å²) in [5, 5.41) is 3.23. The number of ether oxygens (including phenoxy) is 1. The molecular weight excluding hydrogens is 273 g/mol. The van der Waals surface area contributed by atoms with Crippen molar-refractivity contribution in [2.45, 2.75) is 26.4 Å². The van der Waals surface area contributed by atoms with Crippen molar-refractivity contribution in [1.29, 1.82) is 0 Å². The standard InChI is InChI=1S/C12H17BrFNO/c1-3-9(8-15-4-2)16-10-5-6-12(14)11(13)7-10/h5-7,9,15H,3-4,8H2,1-2H3. The largest absolute Gasteiger partial charge is 0.489 e. The molecule has 0 heterocycles. The molecule has 90 valence electrons. The van der Waals surface area contributed by atoms with Gasteiger partial charge >= 0.3 is 0 Å². The van der Waals surface area contributed by atoms with Crippen LogP contribution in [0.4, 0.5) is 4.39 Å². The van der Waals surface area contributed by atoms with Crippen LogP contribution in [0.15, 0.2) is 22.7 Å². The minimum Gasteiger partial charge on any atom is -0.489 e. The summed E-state index contributed by atoms with van der Waals surface area (Å²) in [7, 11) is 0. The zero-order valence-corrected chi connectivity index (χ0v) is 11.2. The summed E-state index contributed by atoms with van der Waals surface area (Å²) in [4.78, 5) is 0. The van der Waals surface area contributed by atoms with Crippen LogP contribution in [0.3, 0.4) is 0 Å². The first kappa shape index (κ1) is 13.5. The lowest BCUT2D eigenvalue weighted by atomic mass is 10.2. The van der Waals surface area contributed by atoms with E-state index in [0.717, 1.165) is 19.5 Å². The van der Waals surface area contributed by atoms with Crippen LogP contribution in [0, 0.1) is 5.82 Å². The zero-order chi connectivity index (χ0) is 12.0. The minimum absolute atomic E-state index is 0.123. The van der Waals surface area contributed by atoms with E-state index in [1.165, 1.54) is 6.07 Å². The molecule has 1 atom stereocenters. The van der Waals surface area contributed by atoms with Gasteiger partial charge in [0, 0.05) is 6.54 Å². The molecule has 1 N–H and O–H groups in total. The molecule has 0 saturated heterocycles. The average Bonchev–Trinajstić information content (AvgIpc) is 2.29. The number of benzene rings is 1. The number of rotatable bonds is 6. The average molecular weight is 290 g/mol. The molecule has 0 aliphatic rings. The third-order valence-electron chi connectivity index (χ3n) is 2.27. The van der Waals surface area contributed by atoms with Gasteiger partial charge in [0.2, 0.25) is 0 Å². The van der Waals surface area contributed by atoms with Crippen LogP contribution >= 0.6 is 15.9 Å². The minimum atomic E-state index is -0.271. The molecule has 0 radical (unpaired) electrons. The van der Waals surface area contributed by atoms with E-state index in [1.54, 1.807) is 12.1 Å². The molecule has 0 bridgehead atoms. The first-order valence-electron chi connectivity index (χ1n) is 5.49. The highest BCUT2D eigenvalue weighted by Gasteiger charge is 2.08. The molecule has 0 aliphatic carbocycles. The maximum Gasteiger partial charge on any atom is 0.137 e. The summed E-state index contributed by atoms with van der Waals surface area (Å²) in [6, 6.07) is 4.71. The normalized spacial score (nSPS) is 12.5. The van der Waals surface area contributed by atoms with Gasteiger partial charge in [0.1, 0.15) is 17.7 Å². The summed E-state index contributed by atoms with van der Waals surface area (Å²) >= 11 is 3.14. The third-order valence-corrected chi connectivity index (χ3v) is 2.88. The Morgan fingerprint density at radius 2 is 2.19 bits per heavy atom. The van der Waals surface area contributed by atoms with E-state index in [0.29, 0.717) is 10.2 Å². The second-order valence-electron chi connectivity index (χ2n) is 3.53. The summed E-state index contributed by atoms with van der Waals surface area (Å²) in [5.41, 5.74) is 0. The topological polar surface area (TPSA) is 21.3 Å². The van der Waals surface area contributed by atoms with Gasteiger partial charge in [-0.25, -0.2) is 4.39 Å². The molecule has 0 amide bonds. The lowest BCUT2D eigenvalue weighted by Crippen LogP contribution is -2.30. The number of hydrogen-bond acceptors (Lipinski definition) is 2. The SMILES string of the molecule is CCNCC(CC)Oc1ccc(F)c(Br)c1. The van der Waals surface area contributed by atoms with Crippen molar-refractivity contribution >= 4 is 15.9 Å². The van der Waals surface area contributed by atoms with Crippen LogP contribution in [0.25, 0.3) is 0 Å². The van der Waals surface area contributed by atoms with E-state index < -0.39 is 0 Å². The van der Waals surface area contributed by atoms with Crippen LogP contribution < -0.4 is 10.1 Å². The van der Waals surface area contributed by atoms with Gasteiger partial charge in [0.15, 0.2) is 0 Å². The van der Waals surface area contributed by atoms with Crippen molar-refractivity contribution in [1.82, 2.24) is 5.32 Å². The Bertz CT molecular complexity index is 333. The molecule has 0 fully saturated rings. The van der Waals surface area contributed by atoms with E-state index in [1.807, 2.05) is 0 Å². The summed E-state index contributed by atoms with van der Waals surface area (Å²) < 4.78 is 19.2. The van der Waals surface area contributed by atoms with Gasteiger partial charge in [-0.15, -0.1) is 0 Å². The van der Waals surface area contributed by atoms with Crippen LogP contribution in [0.2, 0.25) is 0 Å². The Labute approximate surface area is 104 Å². The molecule has 0 spiro atoms. The highest BCUT2D eigenvalue weighted by atomic mass is 79.9. The second-order valence-corrected chi connectivity index (χ2v) is 4.39. The first-order valence-corrected chi connectivity index (χ1v) is 6.29. The van der Waals surface area contributed by atoms with E-state index in [2.05, 4.69) is 35.1 Å². The fourth-order valence-corrected chi connectivity index (χ4v) is 1.68. The zero-order valence-electron chi connectivity index (χ0n) is 9.59. The highest BCUT2D eigenvalue weighted by Crippen LogP contribution is 2.22. The summed E-state index contributed by atoms with van der Waals surface area (Å²) in [5.74, 6) is 0.421. The van der Waals surface area contributed by atoms with Gasteiger partial charge in [0.05, 0.1) is 4.47 Å². The Morgan fingerprint density at radius 1 is 1.44 bits per heavy atom. The second kappa shape index (κ2) is 6.86. The Morgan fingerprint density at radius 3 is 2.75 bits per heavy atom. The predicted octanol–water partition coefficient (Wildman–Crippen LogP) is 3.36. The number of hydrogen-bond donors (Lipinski definition) is 1. The van der Waals surface area contributed by atoms with Crippen LogP contribution in [0.5, 0.6) is 5.75 Å². The fraction of sp³-hybridized carbons (Fsp3) is 0.500. The van der Waals surface area contributed by atoms with Crippen molar-refractivity contribution in [2.24, 2.45) is 0 Å². The van der Waals surface area contributed by atoms with Crippen molar-refractivity contribution < 1.29 is 9.13 Å². The molecule has 16 heavy (non-hydrogen) atoms. The van der Waals surface area contributed by atoms with Gasteiger partial charge in [-0.3, -0.25) is 0 Å². The number of likely N-dealkylation sites (N-methyl/N-ethyl adjacent to an activating group) is 1. The van der Waals surface area contributed by atoms with Crippen molar-refractivity contribution in [2.75, 3.05) is 13.1 Å². The lowest BCUT2D eigenvalue weighted by molar-refractivity contribution is 0.194. The lowest BCUT2D eigenvalue weighted by Gasteiger charge is -2.18. The van der Waals surface area contributed by atoms with Gasteiger partial charge in [-0.05, 0) is 47.1 Å². The van der Waals surface area contributed by atoms with Crippen molar-refractivity contribution in [3.8, 4) is 5.75 Å². The summed E-state index contributed by atoms with van der Waals surface area (Å²) in [6.45, 7) is 5.86. The van der Waals surface area contributed by atoms with E-state index in [9.17, 15) is 4.39 Å². The molecule has 1 aromatic carbocycles. The maximum atomic E-state index is 13.0. The Hall–Kier alpha value is -0.610. The molecule has 1 unspecified atom stereocenters. The monoisotopic (exact) mass is 289 g/mol. The van der Waals surface area contributed by atoms with Gasteiger partial charge in [-0.2, -0.15) is 0 Å². The molecule has 2 nitrogen and oxygen atoms in total. The quantitative estimate of drug-likeness (QED) is 0.867. The highest BCUT2D eigenvalue weighted by molar-refractivity contribution is 9.10. The van der Waals surface area contributed by atoms with E-state index >= 15 is 0 Å². The Kier molecular flexibility index (Phi) is 5.77. The number of nitrogens with one attached hydrogen (secondary N) is 1. The van der Waals surface area contributed by atoms with Gasteiger partial charge in [0.25, 0.3) is 0 Å². The smallest absolute Gasteiger partial charge is 0.137 e. The molecule has 0 aliphatic heterocycles. The van der Waals surface area contributed by atoms with Gasteiger partial charge < -0.3 is 10.1 Å². The van der Waals surface area contributed by atoms with Gasteiger partial charge in [-0.1, -0.05) is 13.8 Å².